The molecule has 0 radical (unpaired) electrons. The van der Waals surface area contributed by atoms with E-state index in [1.54, 1.807) is 0 Å². The first-order valence-corrected chi connectivity index (χ1v) is 9.69. The van der Waals surface area contributed by atoms with Crippen molar-refractivity contribution in [3.63, 3.8) is 0 Å². The highest BCUT2D eigenvalue weighted by atomic mass is 16.2. The molecule has 1 aromatic rings. The van der Waals surface area contributed by atoms with Crippen LogP contribution in [0.2, 0.25) is 0 Å². The molecule has 4 N–H and O–H groups in total. The molecule has 0 unspecified atom stereocenters. The second-order valence-corrected chi connectivity index (χ2v) is 7.03. The van der Waals surface area contributed by atoms with Crippen molar-refractivity contribution in [2.24, 2.45) is 16.8 Å². The van der Waals surface area contributed by atoms with Gasteiger partial charge in [0.25, 0.3) is 0 Å². The Morgan fingerprint density at radius 2 is 1.74 bits per heavy atom. The van der Waals surface area contributed by atoms with Crippen LogP contribution in [0.15, 0.2) is 29.3 Å². The van der Waals surface area contributed by atoms with Crippen molar-refractivity contribution in [2.45, 2.75) is 40.2 Å². The quantitative estimate of drug-likeness (QED) is 0.302. The molecule has 148 valence electrons. The third-order valence-corrected chi connectivity index (χ3v) is 4.17. The van der Waals surface area contributed by atoms with Crippen LogP contribution in [0.3, 0.4) is 0 Å². The molecule has 0 spiro atoms. The molecule has 7 nitrogen and oxygen atoms in total. The number of hydrogen-bond donors (Lipinski definition) is 4. The minimum Gasteiger partial charge on any atom is -0.357 e. The van der Waals surface area contributed by atoms with Crippen molar-refractivity contribution in [1.29, 1.82) is 0 Å². The van der Waals surface area contributed by atoms with Crippen molar-refractivity contribution >= 4 is 23.5 Å². The van der Waals surface area contributed by atoms with Gasteiger partial charge in [-0.1, -0.05) is 26.0 Å². The Morgan fingerprint density at radius 1 is 1.07 bits per heavy atom. The molecule has 27 heavy (non-hydrogen) atoms. The maximum absolute atomic E-state index is 11.7. The van der Waals surface area contributed by atoms with Crippen molar-refractivity contribution in [1.82, 2.24) is 16.0 Å². The Kier molecular flexibility index (Phi) is 8.10. The fourth-order valence-electron chi connectivity index (χ4n) is 2.35. The van der Waals surface area contributed by atoms with Gasteiger partial charge in [-0.3, -0.25) is 9.59 Å². The van der Waals surface area contributed by atoms with E-state index >= 15 is 0 Å². The highest BCUT2D eigenvalue weighted by Crippen LogP contribution is 2.28. The molecular formula is C20H31N5O2. The van der Waals surface area contributed by atoms with Gasteiger partial charge >= 0.3 is 0 Å². The number of nitrogens with zero attached hydrogens (tertiary/aromatic N) is 1. The number of amides is 2. The summed E-state index contributed by atoms with van der Waals surface area (Å²) in [6.45, 7) is 8.26. The van der Waals surface area contributed by atoms with E-state index in [2.05, 4.69) is 26.3 Å². The summed E-state index contributed by atoms with van der Waals surface area (Å²) in [5.41, 5.74) is 1.84. The summed E-state index contributed by atoms with van der Waals surface area (Å²) >= 11 is 0. The van der Waals surface area contributed by atoms with E-state index < -0.39 is 0 Å². The van der Waals surface area contributed by atoms with E-state index in [1.807, 2.05) is 45.0 Å². The summed E-state index contributed by atoms with van der Waals surface area (Å²) in [5, 5.41) is 12.2. The molecule has 1 aliphatic rings. The standard InChI is InChI=1S/C20H31N5O2/c1-4-21-20(23-12-11-22-19(27)16-7-8-16)24-13-15-5-9-17(10-6-15)25-18(26)14(2)3/h5-6,9-10,14,16H,4,7-8,11-13H2,1-3H3,(H,22,27)(H,25,26)(H2,21,23,24). The van der Waals surface area contributed by atoms with Crippen LogP contribution < -0.4 is 21.3 Å². The number of hydrogen-bond acceptors (Lipinski definition) is 3. The Balaban J connectivity index is 1.78. The van der Waals surface area contributed by atoms with Crippen molar-refractivity contribution in [2.75, 3.05) is 25.0 Å². The summed E-state index contributed by atoms with van der Waals surface area (Å²) in [4.78, 5) is 27.9. The number of carbonyl (C=O) groups is 2. The first kappa shape index (κ1) is 20.7. The van der Waals surface area contributed by atoms with Gasteiger partial charge in [-0.05, 0) is 37.5 Å². The van der Waals surface area contributed by atoms with Gasteiger partial charge < -0.3 is 21.3 Å². The summed E-state index contributed by atoms with van der Waals surface area (Å²) in [5.74, 6) is 1.07. The summed E-state index contributed by atoms with van der Waals surface area (Å²) in [6, 6.07) is 7.69. The van der Waals surface area contributed by atoms with E-state index in [9.17, 15) is 9.59 Å². The largest absolute Gasteiger partial charge is 0.357 e. The lowest BCUT2D eigenvalue weighted by Crippen LogP contribution is -2.41. The van der Waals surface area contributed by atoms with Crippen LogP contribution in [0.4, 0.5) is 5.69 Å². The molecule has 0 bridgehead atoms. The Labute approximate surface area is 161 Å². The maximum atomic E-state index is 11.7. The molecule has 2 rings (SSSR count). The van der Waals surface area contributed by atoms with E-state index in [0.29, 0.717) is 19.6 Å². The highest BCUT2D eigenvalue weighted by molar-refractivity contribution is 5.92. The summed E-state index contributed by atoms with van der Waals surface area (Å²) in [7, 11) is 0. The molecule has 0 aliphatic heterocycles. The molecule has 1 aromatic carbocycles. The van der Waals surface area contributed by atoms with Crippen LogP contribution in [-0.2, 0) is 16.1 Å². The van der Waals surface area contributed by atoms with Crippen LogP contribution in [0.5, 0.6) is 0 Å². The fourth-order valence-corrected chi connectivity index (χ4v) is 2.35. The van der Waals surface area contributed by atoms with Gasteiger partial charge in [-0.25, -0.2) is 4.99 Å². The highest BCUT2D eigenvalue weighted by Gasteiger charge is 2.28. The minimum absolute atomic E-state index is 0.00757. The monoisotopic (exact) mass is 373 g/mol. The minimum atomic E-state index is -0.0444. The first-order valence-electron chi connectivity index (χ1n) is 9.69. The Morgan fingerprint density at radius 3 is 2.33 bits per heavy atom. The average Bonchev–Trinajstić information content (AvgIpc) is 3.49. The second-order valence-electron chi connectivity index (χ2n) is 7.03. The molecule has 0 saturated heterocycles. The number of nitrogens with one attached hydrogen (secondary N) is 4. The Bertz CT molecular complexity index is 651. The molecule has 0 aromatic heterocycles. The maximum Gasteiger partial charge on any atom is 0.226 e. The number of carbonyl (C=O) groups excluding carboxylic acids is 2. The fraction of sp³-hybridized carbons (Fsp3) is 0.550. The topological polar surface area (TPSA) is 94.6 Å². The van der Waals surface area contributed by atoms with Crippen LogP contribution in [0.25, 0.3) is 0 Å². The Hall–Kier alpha value is -2.57. The third kappa shape index (κ3) is 7.68. The van der Waals surface area contributed by atoms with Gasteiger partial charge in [0.15, 0.2) is 5.96 Å². The van der Waals surface area contributed by atoms with Gasteiger partial charge in [0.1, 0.15) is 0 Å². The normalized spacial score (nSPS) is 14.0. The predicted molar refractivity (Wildman–Crippen MR) is 108 cm³/mol. The van der Waals surface area contributed by atoms with Gasteiger partial charge in [0.05, 0.1) is 6.54 Å². The zero-order chi connectivity index (χ0) is 19.6. The number of rotatable bonds is 9. The van der Waals surface area contributed by atoms with E-state index in [-0.39, 0.29) is 23.7 Å². The van der Waals surface area contributed by atoms with E-state index in [1.165, 1.54) is 0 Å². The molecule has 1 fully saturated rings. The number of guanidine groups is 1. The molecular weight excluding hydrogens is 342 g/mol. The van der Waals surface area contributed by atoms with Crippen molar-refractivity contribution < 1.29 is 9.59 Å². The lowest BCUT2D eigenvalue weighted by molar-refractivity contribution is -0.122. The molecule has 1 saturated carbocycles. The average molecular weight is 374 g/mol. The first-order chi connectivity index (χ1) is 13.0. The molecule has 7 heteroatoms. The number of aliphatic imine (C=N–C) groups is 1. The summed E-state index contributed by atoms with van der Waals surface area (Å²) < 4.78 is 0. The van der Waals surface area contributed by atoms with Gasteiger partial charge in [-0.15, -0.1) is 0 Å². The van der Waals surface area contributed by atoms with E-state index in [0.717, 1.165) is 36.6 Å². The molecule has 0 heterocycles. The third-order valence-electron chi connectivity index (χ3n) is 4.17. The zero-order valence-corrected chi connectivity index (χ0v) is 16.5. The van der Waals surface area contributed by atoms with Crippen LogP contribution in [0, 0.1) is 11.8 Å². The molecule has 0 atom stereocenters. The number of anilines is 1. The van der Waals surface area contributed by atoms with Crippen LogP contribution in [-0.4, -0.2) is 37.4 Å². The van der Waals surface area contributed by atoms with Crippen LogP contribution >= 0.6 is 0 Å². The van der Waals surface area contributed by atoms with Crippen molar-refractivity contribution in [3.8, 4) is 0 Å². The van der Waals surface area contributed by atoms with E-state index in [4.69, 9.17) is 0 Å². The van der Waals surface area contributed by atoms with Gasteiger partial charge in [0.2, 0.25) is 11.8 Å². The van der Waals surface area contributed by atoms with Crippen LogP contribution in [0.1, 0.15) is 39.2 Å². The zero-order valence-electron chi connectivity index (χ0n) is 16.5. The second kappa shape index (κ2) is 10.5. The van der Waals surface area contributed by atoms with Gasteiger partial charge in [-0.2, -0.15) is 0 Å². The predicted octanol–water partition coefficient (Wildman–Crippen LogP) is 1.86. The SMILES string of the molecule is CCNC(=NCc1ccc(NC(=O)C(C)C)cc1)NCCNC(=O)C1CC1. The lowest BCUT2D eigenvalue weighted by atomic mass is 10.2. The summed E-state index contributed by atoms with van der Waals surface area (Å²) in [6.07, 6.45) is 2.03. The molecule has 1 aliphatic carbocycles. The smallest absolute Gasteiger partial charge is 0.226 e. The lowest BCUT2D eigenvalue weighted by Gasteiger charge is -2.12. The number of benzene rings is 1. The molecule has 2 amide bonds. The van der Waals surface area contributed by atoms with Crippen molar-refractivity contribution in [3.05, 3.63) is 29.8 Å². The van der Waals surface area contributed by atoms with Gasteiger partial charge in [0, 0.05) is 37.2 Å².